The number of aliphatic imine (C=N–C) groups is 1. The van der Waals surface area contributed by atoms with E-state index in [0.717, 1.165) is 17.7 Å². The van der Waals surface area contributed by atoms with Crippen molar-refractivity contribution >= 4 is 11.6 Å². The van der Waals surface area contributed by atoms with Crippen LogP contribution in [0.5, 0.6) is 0 Å². The first-order valence-electron chi connectivity index (χ1n) is 9.74. The van der Waals surface area contributed by atoms with Crippen molar-refractivity contribution in [2.45, 2.75) is 19.0 Å². The molecule has 2 heterocycles. The van der Waals surface area contributed by atoms with Crippen molar-refractivity contribution in [3.8, 4) is 5.69 Å². The summed E-state index contributed by atoms with van der Waals surface area (Å²) in [5.74, 6) is -0.420. The van der Waals surface area contributed by atoms with Crippen LogP contribution in [0.4, 0.5) is 14.5 Å². The summed E-state index contributed by atoms with van der Waals surface area (Å²) in [6.07, 6.45) is 3.91. The third-order valence-corrected chi connectivity index (χ3v) is 5.09. The molecule has 1 aromatic heterocycles. The predicted octanol–water partition coefficient (Wildman–Crippen LogP) is 2.49. The second kappa shape index (κ2) is 8.89. The first-order valence-corrected chi connectivity index (χ1v) is 9.74. The van der Waals surface area contributed by atoms with E-state index in [1.165, 1.54) is 24.5 Å². The number of halogens is 2. The molecule has 0 aliphatic carbocycles. The molecule has 0 bridgehead atoms. The zero-order valence-corrected chi connectivity index (χ0v) is 16.6. The summed E-state index contributed by atoms with van der Waals surface area (Å²) >= 11 is 0. The highest BCUT2D eigenvalue weighted by Gasteiger charge is 2.27. The van der Waals surface area contributed by atoms with Crippen molar-refractivity contribution in [2.75, 3.05) is 25.0 Å². The zero-order valence-electron chi connectivity index (χ0n) is 16.6. The topological polar surface area (TPSA) is 70.4 Å². The van der Waals surface area contributed by atoms with Gasteiger partial charge >= 0.3 is 0 Å². The maximum atomic E-state index is 14.0. The Morgan fingerprint density at radius 3 is 2.60 bits per heavy atom. The molecule has 156 valence electrons. The standard InChI is InChI=1S/C21H23F2N7/c1-24-21(26-11-15-5-7-17(8-6-15)30-14-25-13-27-30)28-16-9-10-29(12-16)20-18(22)3-2-4-19(20)23/h2-8,13-14,16H,9-12H2,1H3,(H2,24,26,28). The van der Waals surface area contributed by atoms with Crippen LogP contribution in [0.25, 0.3) is 5.69 Å². The number of rotatable bonds is 5. The van der Waals surface area contributed by atoms with E-state index in [0.29, 0.717) is 25.6 Å². The summed E-state index contributed by atoms with van der Waals surface area (Å²) in [7, 11) is 1.70. The highest BCUT2D eigenvalue weighted by atomic mass is 19.1. The zero-order chi connectivity index (χ0) is 20.9. The number of nitrogens with zero attached hydrogens (tertiary/aromatic N) is 5. The second-order valence-corrected chi connectivity index (χ2v) is 7.08. The van der Waals surface area contributed by atoms with E-state index in [-0.39, 0.29) is 11.7 Å². The summed E-state index contributed by atoms with van der Waals surface area (Å²) in [4.78, 5) is 9.94. The van der Waals surface area contributed by atoms with Crippen LogP contribution >= 0.6 is 0 Å². The SMILES string of the molecule is CN=C(NCc1ccc(-n2cncn2)cc1)NC1CCN(c2c(F)cccc2F)C1. The van der Waals surface area contributed by atoms with Crippen LogP contribution in [0.15, 0.2) is 60.1 Å². The van der Waals surface area contributed by atoms with Crippen LogP contribution in [0.1, 0.15) is 12.0 Å². The lowest BCUT2D eigenvalue weighted by Gasteiger charge is -2.21. The molecule has 0 spiro atoms. The molecule has 0 saturated carbocycles. The van der Waals surface area contributed by atoms with Crippen LogP contribution in [-0.4, -0.2) is 46.9 Å². The van der Waals surface area contributed by atoms with Crippen LogP contribution < -0.4 is 15.5 Å². The minimum atomic E-state index is -0.535. The Labute approximate surface area is 173 Å². The minimum Gasteiger partial charge on any atom is -0.365 e. The van der Waals surface area contributed by atoms with Crippen LogP contribution in [-0.2, 0) is 6.54 Å². The number of hydrogen-bond acceptors (Lipinski definition) is 4. The highest BCUT2D eigenvalue weighted by molar-refractivity contribution is 5.80. The maximum absolute atomic E-state index is 14.0. The number of guanidine groups is 1. The van der Waals surface area contributed by atoms with Gasteiger partial charge in [-0.25, -0.2) is 18.4 Å². The number of aromatic nitrogens is 3. The van der Waals surface area contributed by atoms with Crippen molar-refractivity contribution in [1.29, 1.82) is 0 Å². The Balaban J connectivity index is 1.31. The first-order chi connectivity index (χ1) is 14.6. The molecule has 3 aromatic rings. The van der Waals surface area contributed by atoms with Crippen LogP contribution in [0.2, 0.25) is 0 Å². The molecule has 0 radical (unpaired) electrons. The van der Waals surface area contributed by atoms with Gasteiger partial charge in [-0.1, -0.05) is 18.2 Å². The third-order valence-electron chi connectivity index (χ3n) is 5.09. The number of anilines is 1. The van der Waals surface area contributed by atoms with E-state index in [1.807, 2.05) is 24.3 Å². The Hall–Kier alpha value is -3.49. The second-order valence-electron chi connectivity index (χ2n) is 7.08. The van der Waals surface area contributed by atoms with Crippen molar-refractivity contribution < 1.29 is 8.78 Å². The summed E-state index contributed by atoms with van der Waals surface area (Å²) in [6.45, 7) is 1.68. The van der Waals surface area contributed by atoms with Crippen molar-refractivity contribution in [2.24, 2.45) is 4.99 Å². The van der Waals surface area contributed by atoms with Gasteiger partial charge in [-0.2, -0.15) is 5.10 Å². The number of nitrogens with one attached hydrogen (secondary N) is 2. The van der Waals surface area contributed by atoms with Gasteiger partial charge in [-0.15, -0.1) is 0 Å². The van der Waals surface area contributed by atoms with E-state index in [4.69, 9.17) is 0 Å². The highest BCUT2D eigenvalue weighted by Crippen LogP contribution is 2.26. The number of hydrogen-bond donors (Lipinski definition) is 2. The average Bonchev–Trinajstić information content (AvgIpc) is 3.44. The molecule has 9 heteroatoms. The van der Waals surface area contributed by atoms with Gasteiger partial charge in [0.1, 0.15) is 30.0 Å². The molecule has 1 saturated heterocycles. The van der Waals surface area contributed by atoms with E-state index in [2.05, 4.69) is 25.7 Å². The van der Waals surface area contributed by atoms with E-state index >= 15 is 0 Å². The number of para-hydroxylation sites is 1. The van der Waals surface area contributed by atoms with Gasteiger partial charge in [0.25, 0.3) is 0 Å². The Kier molecular flexibility index (Phi) is 5.87. The van der Waals surface area contributed by atoms with Crippen molar-refractivity contribution in [3.05, 3.63) is 72.3 Å². The molecule has 1 atom stereocenters. The van der Waals surface area contributed by atoms with Gasteiger partial charge in [-0.3, -0.25) is 4.99 Å². The molecule has 7 nitrogen and oxygen atoms in total. The molecule has 0 amide bonds. The molecule has 2 aromatic carbocycles. The lowest BCUT2D eigenvalue weighted by Crippen LogP contribution is -2.44. The molecule has 4 rings (SSSR count). The largest absolute Gasteiger partial charge is 0.365 e. The van der Waals surface area contributed by atoms with Crippen LogP contribution in [0.3, 0.4) is 0 Å². The van der Waals surface area contributed by atoms with Crippen LogP contribution in [0, 0.1) is 11.6 Å². The molecule has 30 heavy (non-hydrogen) atoms. The Morgan fingerprint density at radius 2 is 1.93 bits per heavy atom. The Bertz CT molecular complexity index is 982. The van der Waals surface area contributed by atoms with Gasteiger partial charge in [0.05, 0.1) is 5.69 Å². The lowest BCUT2D eigenvalue weighted by atomic mass is 10.2. The minimum absolute atomic E-state index is 0.0391. The van der Waals surface area contributed by atoms with Gasteiger partial charge in [0, 0.05) is 32.7 Å². The average molecular weight is 411 g/mol. The lowest BCUT2D eigenvalue weighted by molar-refractivity contribution is 0.576. The molecular weight excluding hydrogens is 388 g/mol. The smallest absolute Gasteiger partial charge is 0.191 e. The first kappa shape index (κ1) is 19.8. The van der Waals surface area contributed by atoms with E-state index < -0.39 is 11.6 Å². The Morgan fingerprint density at radius 1 is 1.17 bits per heavy atom. The maximum Gasteiger partial charge on any atom is 0.191 e. The summed E-state index contributed by atoms with van der Waals surface area (Å²) in [5, 5.41) is 10.7. The molecule has 1 aliphatic heterocycles. The van der Waals surface area contributed by atoms with Gasteiger partial charge in [-0.05, 0) is 36.2 Å². The summed E-state index contributed by atoms with van der Waals surface area (Å²) in [5.41, 5.74) is 2.06. The van der Waals surface area contributed by atoms with Gasteiger partial charge < -0.3 is 15.5 Å². The van der Waals surface area contributed by atoms with Crippen molar-refractivity contribution in [3.63, 3.8) is 0 Å². The van der Waals surface area contributed by atoms with E-state index in [9.17, 15) is 8.78 Å². The fourth-order valence-electron chi connectivity index (χ4n) is 3.55. The summed E-state index contributed by atoms with van der Waals surface area (Å²) in [6, 6.07) is 12.0. The predicted molar refractivity (Wildman–Crippen MR) is 112 cm³/mol. The third kappa shape index (κ3) is 4.40. The fraction of sp³-hybridized carbons (Fsp3) is 0.286. The van der Waals surface area contributed by atoms with Gasteiger partial charge in [0.15, 0.2) is 5.96 Å². The number of benzene rings is 2. The monoisotopic (exact) mass is 411 g/mol. The molecular formula is C21H23F2N7. The molecule has 1 unspecified atom stereocenters. The quantitative estimate of drug-likeness (QED) is 0.499. The van der Waals surface area contributed by atoms with Crippen molar-refractivity contribution in [1.82, 2.24) is 25.4 Å². The summed E-state index contributed by atoms with van der Waals surface area (Å²) < 4.78 is 29.8. The van der Waals surface area contributed by atoms with E-state index in [1.54, 1.807) is 23.0 Å². The molecule has 1 aliphatic rings. The molecule has 2 N–H and O–H groups in total. The normalized spacial score (nSPS) is 16.7. The van der Waals surface area contributed by atoms with Gasteiger partial charge in [0.2, 0.25) is 0 Å². The molecule has 1 fully saturated rings. The fourth-order valence-corrected chi connectivity index (χ4v) is 3.55.